The minimum atomic E-state index is -1.37. The summed E-state index contributed by atoms with van der Waals surface area (Å²) >= 11 is 6.30. The molecule has 0 aliphatic carbocycles. The molecule has 2 atom stereocenters. The standard InChI is InChI=1S/C8H19ClSi/c1-6-7(2)8(3)10(4,5)9/h7-8H,6H2,1-5H3. The van der Waals surface area contributed by atoms with Crippen molar-refractivity contribution >= 4 is 18.5 Å². The summed E-state index contributed by atoms with van der Waals surface area (Å²) in [6.07, 6.45) is 1.25. The van der Waals surface area contributed by atoms with Crippen LogP contribution in [0.2, 0.25) is 18.6 Å². The molecular weight excluding hydrogens is 160 g/mol. The average molecular weight is 179 g/mol. The molecule has 0 fully saturated rings. The first-order chi connectivity index (χ1) is 4.39. The van der Waals surface area contributed by atoms with Gasteiger partial charge in [0.25, 0.3) is 0 Å². The van der Waals surface area contributed by atoms with Crippen LogP contribution in [0.5, 0.6) is 0 Å². The molecule has 10 heavy (non-hydrogen) atoms. The molecule has 0 aromatic heterocycles. The van der Waals surface area contributed by atoms with E-state index in [0.717, 1.165) is 11.5 Å². The molecule has 0 aliphatic rings. The van der Waals surface area contributed by atoms with Crippen molar-refractivity contribution < 1.29 is 0 Å². The second-order valence-electron chi connectivity index (χ2n) is 3.74. The van der Waals surface area contributed by atoms with Gasteiger partial charge in [0.2, 0.25) is 0 Å². The van der Waals surface area contributed by atoms with Crippen LogP contribution >= 0.6 is 11.1 Å². The van der Waals surface area contributed by atoms with Crippen molar-refractivity contribution in [3.63, 3.8) is 0 Å². The largest absolute Gasteiger partial charge is 0.167 e. The maximum atomic E-state index is 6.30. The van der Waals surface area contributed by atoms with Gasteiger partial charge in [-0.3, -0.25) is 0 Å². The smallest absolute Gasteiger partial charge is 0.153 e. The molecule has 0 aliphatic heterocycles. The second-order valence-corrected chi connectivity index (χ2v) is 10.7. The maximum Gasteiger partial charge on any atom is 0.153 e. The summed E-state index contributed by atoms with van der Waals surface area (Å²) < 4.78 is 0. The van der Waals surface area contributed by atoms with E-state index in [9.17, 15) is 0 Å². The lowest BCUT2D eigenvalue weighted by Gasteiger charge is -2.27. The van der Waals surface area contributed by atoms with Crippen molar-refractivity contribution in [1.29, 1.82) is 0 Å². The highest BCUT2D eigenvalue weighted by Crippen LogP contribution is 2.33. The number of hydrogen-bond acceptors (Lipinski definition) is 0. The fourth-order valence-electron chi connectivity index (χ4n) is 1.03. The third kappa shape index (κ3) is 3.06. The first kappa shape index (κ1) is 10.5. The van der Waals surface area contributed by atoms with Gasteiger partial charge >= 0.3 is 0 Å². The molecule has 0 rings (SSSR count). The molecule has 0 saturated carbocycles. The topological polar surface area (TPSA) is 0 Å². The molecule has 62 valence electrons. The van der Waals surface area contributed by atoms with Crippen LogP contribution in [0.3, 0.4) is 0 Å². The molecule has 0 nitrogen and oxygen atoms in total. The Hall–Kier alpha value is 0.507. The maximum absolute atomic E-state index is 6.30. The van der Waals surface area contributed by atoms with E-state index in [1.54, 1.807) is 0 Å². The van der Waals surface area contributed by atoms with Gasteiger partial charge < -0.3 is 0 Å². The highest BCUT2D eigenvalue weighted by Gasteiger charge is 2.29. The Morgan fingerprint density at radius 3 is 1.80 bits per heavy atom. The summed E-state index contributed by atoms with van der Waals surface area (Å²) in [5.41, 5.74) is 0.735. The zero-order valence-electron chi connectivity index (χ0n) is 7.74. The van der Waals surface area contributed by atoms with E-state index in [4.69, 9.17) is 11.1 Å². The van der Waals surface area contributed by atoms with E-state index >= 15 is 0 Å². The van der Waals surface area contributed by atoms with E-state index < -0.39 is 7.38 Å². The molecule has 2 heteroatoms. The van der Waals surface area contributed by atoms with Crippen LogP contribution in [0.15, 0.2) is 0 Å². The monoisotopic (exact) mass is 178 g/mol. The van der Waals surface area contributed by atoms with Crippen molar-refractivity contribution in [2.45, 2.75) is 45.8 Å². The first-order valence-electron chi connectivity index (χ1n) is 4.08. The molecule has 0 radical (unpaired) electrons. The summed E-state index contributed by atoms with van der Waals surface area (Å²) in [5, 5.41) is 0. The Morgan fingerprint density at radius 1 is 1.30 bits per heavy atom. The van der Waals surface area contributed by atoms with E-state index in [1.165, 1.54) is 6.42 Å². The van der Waals surface area contributed by atoms with Gasteiger partial charge in [-0.2, -0.15) is 11.1 Å². The molecule has 0 heterocycles. The average Bonchev–Trinajstić information content (AvgIpc) is 1.83. The highest BCUT2D eigenvalue weighted by atomic mass is 35.6. The van der Waals surface area contributed by atoms with Crippen LogP contribution < -0.4 is 0 Å². The lowest BCUT2D eigenvalue weighted by atomic mass is 10.1. The van der Waals surface area contributed by atoms with Crippen molar-refractivity contribution in [1.82, 2.24) is 0 Å². The fourth-order valence-corrected chi connectivity index (χ4v) is 3.26. The van der Waals surface area contributed by atoms with Crippen molar-refractivity contribution in [3.8, 4) is 0 Å². The van der Waals surface area contributed by atoms with E-state index in [2.05, 4.69) is 33.9 Å². The summed E-state index contributed by atoms with van der Waals surface area (Å²) in [6, 6.07) is 0. The minimum Gasteiger partial charge on any atom is -0.167 e. The summed E-state index contributed by atoms with van der Waals surface area (Å²) in [7, 11) is -1.37. The van der Waals surface area contributed by atoms with Crippen LogP contribution in [-0.2, 0) is 0 Å². The van der Waals surface area contributed by atoms with Gasteiger partial charge in [-0.05, 0) is 11.5 Å². The van der Waals surface area contributed by atoms with Gasteiger partial charge in [-0.25, -0.2) is 0 Å². The predicted octanol–water partition coefficient (Wildman–Crippen LogP) is 3.87. The molecule has 0 aromatic rings. The SMILES string of the molecule is CCC(C)C(C)[Si](C)(C)Cl. The number of hydrogen-bond donors (Lipinski definition) is 0. The normalized spacial score (nSPS) is 18.6. The van der Waals surface area contributed by atoms with Crippen molar-refractivity contribution in [3.05, 3.63) is 0 Å². The molecular formula is C8H19ClSi. The van der Waals surface area contributed by atoms with Gasteiger partial charge in [0.1, 0.15) is 0 Å². The van der Waals surface area contributed by atoms with Crippen LogP contribution in [-0.4, -0.2) is 7.38 Å². The zero-order valence-corrected chi connectivity index (χ0v) is 9.50. The number of halogens is 1. The Kier molecular flexibility index (Phi) is 3.96. The van der Waals surface area contributed by atoms with Crippen LogP contribution in [0.4, 0.5) is 0 Å². The summed E-state index contributed by atoms with van der Waals surface area (Å²) in [5.74, 6) is 0.791. The second kappa shape index (κ2) is 3.77. The summed E-state index contributed by atoms with van der Waals surface area (Å²) in [6.45, 7) is 11.3. The highest BCUT2D eigenvalue weighted by molar-refractivity contribution is 7.19. The third-order valence-corrected chi connectivity index (χ3v) is 6.35. The zero-order chi connectivity index (χ0) is 8.36. The minimum absolute atomic E-state index is 0.735. The quantitative estimate of drug-likeness (QED) is 0.455. The van der Waals surface area contributed by atoms with Crippen molar-refractivity contribution in [2.24, 2.45) is 5.92 Å². The lowest BCUT2D eigenvalue weighted by Crippen LogP contribution is -2.27. The Morgan fingerprint density at radius 2 is 1.70 bits per heavy atom. The number of rotatable bonds is 3. The molecule has 0 amide bonds. The Bertz CT molecular complexity index is 95.9. The molecule has 0 aromatic carbocycles. The van der Waals surface area contributed by atoms with E-state index in [1.807, 2.05) is 0 Å². The molecule has 0 N–H and O–H groups in total. The molecule has 0 spiro atoms. The van der Waals surface area contributed by atoms with Gasteiger partial charge in [0.05, 0.1) is 0 Å². The van der Waals surface area contributed by atoms with Gasteiger partial charge in [0.15, 0.2) is 7.38 Å². The van der Waals surface area contributed by atoms with Crippen LogP contribution in [0, 0.1) is 5.92 Å². The van der Waals surface area contributed by atoms with Gasteiger partial charge in [-0.1, -0.05) is 40.3 Å². The lowest BCUT2D eigenvalue weighted by molar-refractivity contribution is 0.534. The molecule has 2 unspecified atom stereocenters. The summed E-state index contributed by atoms with van der Waals surface area (Å²) in [4.78, 5) is 0. The van der Waals surface area contributed by atoms with Crippen LogP contribution in [0.1, 0.15) is 27.2 Å². The Labute approximate surface area is 70.7 Å². The molecule has 0 saturated heterocycles. The third-order valence-electron chi connectivity index (χ3n) is 2.58. The van der Waals surface area contributed by atoms with Crippen LogP contribution in [0.25, 0.3) is 0 Å². The fraction of sp³-hybridized carbons (Fsp3) is 1.00. The Balaban J connectivity index is 3.94. The van der Waals surface area contributed by atoms with Gasteiger partial charge in [0, 0.05) is 0 Å². The van der Waals surface area contributed by atoms with E-state index in [0.29, 0.717) is 0 Å². The predicted molar refractivity (Wildman–Crippen MR) is 52.2 cm³/mol. The van der Waals surface area contributed by atoms with Gasteiger partial charge in [-0.15, -0.1) is 0 Å². The first-order valence-corrected chi connectivity index (χ1v) is 8.17. The van der Waals surface area contributed by atoms with E-state index in [-0.39, 0.29) is 0 Å². The van der Waals surface area contributed by atoms with Crippen molar-refractivity contribution in [2.75, 3.05) is 0 Å². The molecule has 0 bridgehead atoms.